The van der Waals surface area contributed by atoms with E-state index >= 15 is 0 Å². The van der Waals surface area contributed by atoms with Gasteiger partial charge in [-0.3, -0.25) is 9.36 Å². The Kier molecular flexibility index (Phi) is 7.48. The Morgan fingerprint density at radius 1 is 1.25 bits per heavy atom. The Morgan fingerprint density at radius 2 is 2.07 bits per heavy atom. The summed E-state index contributed by atoms with van der Waals surface area (Å²) in [6, 6.07) is 0. The van der Waals surface area contributed by atoms with Crippen LogP contribution in [0.2, 0.25) is 0 Å². The zero-order chi connectivity index (χ0) is 19.8. The van der Waals surface area contributed by atoms with E-state index in [1.165, 1.54) is 12.7 Å². The van der Waals surface area contributed by atoms with Crippen molar-refractivity contribution in [1.29, 1.82) is 0 Å². The maximum atomic E-state index is 11.7. The van der Waals surface area contributed by atoms with Crippen LogP contribution in [-0.2, 0) is 28.5 Å². The number of fused-ring (bicyclic) bond motifs is 1. The van der Waals surface area contributed by atoms with E-state index in [9.17, 15) is 9.59 Å². The van der Waals surface area contributed by atoms with Crippen molar-refractivity contribution in [1.82, 2.24) is 19.5 Å². The summed E-state index contributed by atoms with van der Waals surface area (Å²) in [6.07, 6.45) is 3.76. The summed E-state index contributed by atoms with van der Waals surface area (Å²) < 4.78 is 28.1. The molecule has 11 nitrogen and oxygen atoms in total. The predicted molar refractivity (Wildman–Crippen MR) is 95.8 cm³/mol. The quantitative estimate of drug-likeness (QED) is 0.413. The molecule has 1 N–H and O–H groups in total. The van der Waals surface area contributed by atoms with E-state index in [2.05, 4.69) is 15.0 Å². The third-order valence-corrected chi connectivity index (χ3v) is 4.21. The molecule has 0 aromatic carbocycles. The number of methoxy groups -OCH3 is 1. The van der Waals surface area contributed by atoms with E-state index in [-0.39, 0.29) is 36.6 Å². The minimum Gasteiger partial charge on any atom is -0.461 e. The molecule has 2 atom stereocenters. The van der Waals surface area contributed by atoms with Gasteiger partial charge in [0.25, 0.3) is 5.56 Å². The van der Waals surface area contributed by atoms with Gasteiger partial charge in [-0.2, -0.15) is 0 Å². The van der Waals surface area contributed by atoms with Gasteiger partial charge in [0.1, 0.15) is 19.4 Å². The van der Waals surface area contributed by atoms with E-state index in [0.717, 1.165) is 6.42 Å². The second kappa shape index (κ2) is 10.3. The molecule has 0 saturated carbocycles. The lowest BCUT2D eigenvalue weighted by atomic mass is 10.2. The van der Waals surface area contributed by atoms with Crippen LogP contribution >= 0.6 is 0 Å². The van der Waals surface area contributed by atoms with Crippen molar-refractivity contribution in [3.8, 4) is 0 Å². The van der Waals surface area contributed by atoms with Gasteiger partial charge in [-0.15, -0.1) is 0 Å². The second-order valence-corrected chi connectivity index (χ2v) is 6.19. The summed E-state index contributed by atoms with van der Waals surface area (Å²) in [5.74, 6) is -0.453. The molecule has 3 rings (SSSR count). The number of hydrogen-bond donors (Lipinski definition) is 1. The first-order chi connectivity index (χ1) is 13.7. The van der Waals surface area contributed by atoms with Crippen LogP contribution in [0.5, 0.6) is 0 Å². The van der Waals surface area contributed by atoms with Gasteiger partial charge in [0.2, 0.25) is 0 Å². The number of rotatable bonds is 11. The van der Waals surface area contributed by atoms with E-state index in [1.54, 1.807) is 11.7 Å². The zero-order valence-corrected chi connectivity index (χ0v) is 15.7. The van der Waals surface area contributed by atoms with Gasteiger partial charge in [0, 0.05) is 7.11 Å². The van der Waals surface area contributed by atoms with Crippen LogP contribution in [0.1, 0.15) is 19.1 Å². The first-order valence-corrected chi connectivity index (χ1v) is 9.04. The molecule has 28 heavy (non-hydrogen) atoms. The van der Waals surface area contributed by atoms with Crippen LogP contribution in [0, 0.1) is 0 Å². The van der Waals surface area contributed by atoms with E-state index in [4.69, 9.17) is 23.7 Å². The number of aromatic amines is 1. The zero-order valence-electron chi connectivity index (χ0n) is 15.7. The second-order valence-electron chi connectivity index (χ2n) is 6.19. The fraction of sp³-hybridized carbons (Fsp3) is 0.647. The molecular weight excluding hydrogens is 372 g/mol. The Balaban J connectivity index is 1.36. The summed E-state index contributed by atoms with van der Waals surface area (Å²) >= 11 is 0. The molecule has 3 heterocycles. The maximum Gasteiger partial charge on any atom is 0.332 e. The van der Waals surface area contributed by atoms with Crippen LogP contribution in [0.25, 0.3) is 11.2 Å². The van der Waals surface area contributed by atoms with Gasteiger partial charge >= 0.3 is 5.97 Å². The lowest BCUT2D eigenvalue weighted by Gasteiger charge is -2.15. The SMILES string of the molecule is COCCOCCOCC(=O)OCC1CCC(n2cnc3c(=O)[nH]cnc32)O1. The number of carbonyl (C=O) groups excluding carboxylic acids is 1. The van der Waals surface area contributed by atoms with Crippen LogP contribution in [0.4, 0.5) is 0 Å². The van der Waals surface area contributed by atoms with Crippen molar-refractivity contribution in [2.75, 3.05) is 46.8 Å². The predicted octanol–water partition coefficient (Wildman–Crippen LogP) is 0.0200. The molecule has 0 aliphatic carbocycles. The van der Waals surface area contributed by atoms with Crippen molar-refractivity contribution in [3.05, 3.63) is 23.0 Å². The number of H-pyrrole nitrogens is 1. The average Bonchev–Trinajstić information content (AvgIpc) is 3.33. The molecule has 2 aromatic rings. The molecular formula is C17H24N4O7. The largest absolute Gasteiger partial charge is 0.461 e. The molecule has 0 spiro atoms. The summed E-state index contributed by atoms with van der Waals surface area (Å²) in [5.41, 5.74) is 0.438. The molecule has 0 amide bonds. The van der Waals surface area contributed by atoms with Crippen LogP contribution < -0.4 is 5.56 Å². The first-order valence-electron chi connectivity index (χ1n) is 9.04. The summed E-state index contributed by atoms with van der Waals surface area (Å²) in [7, 11) is 1.60. The molecule has 0 radical (unpaired) electrons. The number of carbonyl (C=O) groups is 1. The normalized spacial score (nSPS) is 19.3. The van der Waals surface area contributed by atoms with E-state index in [1.807, 2.05) is 0 Å². The number of hydrogen-bond acceptors (Lipinski definition) is 9. The minimum atomic E-state index is -0.453. The maximum absolute atomic E-state index is 11.7. The van der Waals surface area contributed by atoms with Gasteiger partial charge in [-0.25, -0.2) is 14.8 Å². The standard InChI is InChI=1S/C17H24N4O7/c1-24-4-5-25-6-7-26-9-14(22)27-8-12-2-3-13(28-12)21-11-20-15-16(21)18-10-19-17(15)23/h10-13H,2-9H2,1H3,(H,18,19,23). The molecule has 11 heteroatoms. The Morgan fingerprint density at radius 3 is 2.93 bits per heavy atom. The number of imidazole rings is 1. The molecule has 2 aromatic heterocycles. The van der Waals surface area contributed by atoms with Crippen LogP contribution in [-0.4, -0.2) is 78.3 Å². The molecule has 0 bridgehead atoms. The minimum absolute atomic E-state index is 0.136. The Labute approximate surface area is 160 Å². The highest BCUT2D eigenvalue weighted by Crippen LogP contribution is 2.29. The lowest BCUT2D eigenvalue weighted by Crippen LogP contribution is -2.22. The topological polar surface area (TPSA) is 127 Å². The van der Waals surface area contributed by atoms with Gasteiger partial charge in [-0.1, -0.05) is 0 Å². The highest BCUT2D eigenvalue weighted by Gasteiger charge is 2.29. The molecule has 154 valence electrons. The summed E-state index contributed by atoms with van der Waals surface area (Å²) in [6.45, 7) is 1.71. The van der Waals surface area contributed by atoms with Crippen LogP contribution in [0.3, 0.4) is 0 Å². The summed E-state index contributed by atoms with van der Waals surface area (Å²) in [4.78, 5) is 34.2. The Bertz CT molecular complexity index is 821. The molecule has 1 fully saturated rings. The van der Waals surface area contributed by atoms with Crippen LogP contribution in [0.15, 0.2) is 17.4 Å². The van der Waals surface area contributed by atoms with E-state index < -0.39 is 5.97 Å². The van der Waals surface area contributed by atoms with Crippen molar-refractivity contribution in [2.24, 2.45) is 0 Å². The molecule has 1 aliphatic heterocycles. The van der Waals surface area contributed by atoms with Crippen molar-refractivity contribution in [3.63, 3.8) is 0 Å². The molecule has 1 aliphatic rings. The number of esters is 1. The van der Waals surface area contributed by atoms with Crippen molar-refractivity contribution < 1.29 is 28.5 Å². The number of ether oxygens (including phenoxy) is 5. The Hall–Kier alpha value is -2.34. The van der Waals surface area contributed by atoms with Gasteiger partial charge in [-0.05, 0) is 12.8 Å². The highest BCUT2D eigenvalue weighted by atomic mass is 16.6. The van der Waals surface area contributed by atoms with Gasteiger partial charge < -0.3 is 28.7 Å². The summed E-state index contributed by atoms with van der Waals surface area (Å²) in [5, 5.41) is 0. The van der Waals surface area contributed by atoms with Gasteiger partial charge in [0.05, 0.1) is 45.2 Å². The fourth-order valence-corrected chi connectivity index (χ4v) is 2.83. The monoisotopic (exact) mass is 396 g/mol. The molecule has 1 saturated heterocycles. The number of nitrogens with one attached hydrogen (secondary N) is 1. The lowest BCUT2D eigenvalue weighted by molar-refractivity contribution is -0.154. The number of nitrogens with zero attached hydrogens (tertiary/aromatic N) is 3. The number of aromatic nitrogens is 4. The smallest absolute Gasteiger partial charge is 0.332 e. The van der Waals surface area contributed by atoms with Gasteiger partial charge in [0.15, 0.2) is 11.2 Å². The third kappa shape index (κ3) is 5.35. The highest BCUT2D eigenvalue weighted by molar-refractivity contribution is 5.70. The van der Waals surface area contributed by atoms with Crippen molar-refractivity contribution >= 4 is 17.1 Å². The van der Waals surface area contributed by atoms with Crippen molar-refractivity contribution in [2.45, 2.75) is 25.2 Å². The molecule has 2 unspecified atom stereocenters. The third-order valence-electron chi connectivity index (χ3n) is 4.21. The average molecular weight is 396 g/mol. The fourth-order valence-electron chi connectivity index (χ4n) is 2.83. The van der Waals surface area contributed by atoms with E-state index in [0.29, 0.717) is 38.5 Å². The first kappa shape index (κ1) is 20.4.